The van der Waals surface area contributed by atoms with E-state index in [2.05, 4.69) is 11.2 Å². The summed E-state index contributed by atoms with van der Waals surface area (Å²) in [6.45, 7) is -0.616. The maximum Gasteiger partial charge on any atom is 0.327 e. The van der Waals surface area contributed by atoms with E-state index in [4.69, 9.17) is 11.5 Å². The first kappa shape index (κ1) is 14.5. The molecule has 19 heavy (non-hydrogen) atoms. The standard InChI is InChI=1S/C11H13N3O5/c1-3-4-7(10(17)18)12-8(15)5-14-9(16)6-13(2)11(14)19/h1,7H,4-6H2,2H3,(H,12,15)(H,17,18). The fraction of sp³-hybridized carbons (Fsp3) is 0.455. The Morgan fingerprint density at radius 3 is 2.58 bits per heavy atom. The second kappa shape index (κ2) is 5.86. The van der Waals surface area contributed by atoms with Crippen LogP contribution in [-0.4, -0.2) is 64.9 Å². The van der Waals surface area contributed by atoms with Gasteiger partial charge >= 0.3 is 12.0 Å². The molecule has 0 spiro atoms. The number of amides is 4. The van der Waals surface area contributed by atoms with E-state index in [1.54, 1.807) is 0 Å². The Hall–Kier alpha value is -2.56. The van der Waals surface area contributed by atoms with Crippen molar-refractivity contribution in [1.82, 2.24) is 15.1 Å². The van der Waals surface area contributed by atoms with Gasteiger partial charge in [-0.15, -0.1) is 12.3 Å². The quantitative estimate of drug-likeness (QED) is 0.464. The highest BCUT2D eigenvalue weighted by atomic mass is 16.4. The van der Waals surface area contributed by atoms with Gasteiger partial charge in [0.2, 0.25) is 5.91 Å². The van der Waals surface area contributed by atoms with Crippen molar-refractivity contribution in [2.24, 2.45) is 0 Å². The highest BCUT2D eigenvalue weighted by molar-refractivity contribution is 6.04. The first-order valence-electron chi connectivity index (χ1n) is 5.38. The molecule has 1 saturated heterocycles. The number of carboxylic acids is 1. The van der Waals surface area contributed by atoms with Gasteiger partial charge in [-0.1, -0.05) is 0 Å². The monoisotopic (exact) mass is 267 g/mol. The number of terminal acetylenes is 1. The fourth-order valence-corrected chi connectivity index (χ4v) is 1.53. The van der Waals surface area contributed by atoms with E-state index in [-0.39, 0.29) is 13.0 Å². The lowest BCUT2D eigenvalue weighted by Gasteiger charge is -2.16. The predicted molar refractivity (Wildman–Crippen MR) is 62.8 cm³/mol. The van der Waals surface area contributed by atoms with E-state index in [9.17, 15) is 19.2 Å². The molecule has 1 aliphatic heterocycles. The van der Waals surface area contributed by atoms with Crippen molar-refractivity contribution in [3.8, 4) is 12.3 Å². The number of aliphatic carboxylic acids is 1. The van der Waals surface area contributed by atoms with Gasteiger partial charge in [0.1, 0.15) is 19.1 Å². The minimum Gasteiger partial charge on any atom is -0.480 e. The zero-order valence-electron chi connectivity index (χ0n) is 10.3. The molecule has 0 aromatic heterocycles. The zero-order valence-corrected chi connectivity index (χ0v) is 10.3. The lowest BCUT2D eigenvalue weighted by molar-refractivity contribution is -0.141. The van der Waals surface area contributed by atoms with Crippen molar-refractivity contribution in [1.29, 1.82) is 0 Å². The summed E-state index contributed by atoms with van der Waals surface area (Å²) >= 11 is 0. The van der Waals surface area contributed by atoms with Crippen molar-refractivity contribution in [3.63, 3.8) is 0 Å². The van der Waals surface area contributed by atoms with E-state index >= 15 is 0 Å². The Bertz CT molecular complexity index is 467. The molecule has 102 valence electrons. The molecule has 1 fully saturated rings. The van der Waals surface area contributed by atoms with E-state index in [1.165, 1.54) is 7.05 Å². The molecule has 1 unspecified atom stereocenters. The van der Waals surface area contributed by atoms with Crippen LogP contribution in [-0.2, 0) is 14.4 Å². The molecule has 0 aromatic rings. The van der Waals surface area contributed by atoms with E-state index in [0.717, 1.165) is 9.80 Å². The van der Waals surface area contributed by atoms with Crippen LogP contribution >= 0.6 is 0 Å². The molecule has 8 nitrogen and oxygen atoms in total. The van der Waals surface area contributed by atoms with Crippen LogP contribution in [0.5, 0.6) is 0 Å². The number of hydrogen-bond acceptors (Lipinski definition) is 4. The molecular formula is C11H13N3O5. The second-order valence-electron chi connectivity index (χ2n) is 3.99. The lowest BCUT2D eigenvalue weighted by atomic mass is 10.2. The molecule has 0 bridgehead atoms. The maximum atomic E-state index is 11.6. The molecule has 4 amide bonds. The molecule has 1 atom stereocenters. The van der Waals surface area contributed by atoms with Gasteiger partial charge in [-0.05, 0) is 0 Å². The van der Waals surface area contributed by atoms with Crippen LogP contribution in [0.25, 0.3) is 0 Å². The molecule has 0 aromatic carbocycles. The molecule has 0 saturated carbocycles. The fourth-order valence-electron chi connectivity index (χ4n) is 1.53. The van der Waals surface area contributed by atoms with Gasteiger partial charge < -0.3 is 15.3 Å². The van der Waals surface area contributed by atoms with E-state index in [0.29, 0.717) is 0 Å². The average Bonchev–Trinajstić information content (AvgIpc) is 2.55. The molecule has 0 aliphatic carbocycles. The lowest BCUT2D eigenvalue weighted by Crippen LogP contribution is -2.47. The van der Waals surface area contributed by atoms with Crippen LogP contribution in [0, 0.1) is 12.3 Å². The topological polar surface area (TPSA) is 107 Å². The third-order valence-corrected chi connectivity index (χ3v) is 2.49. The number of likely N-dealkylation sites (N-methyl/N-ethyl adjacent to an activating group) is 1. The van der Waals surface area contributed by atoms with Crippen LogP contribution in [0.4, 0.5) is 4.79 Å². The van der Waals surface area contributed by atoms with Gasteiger partial charge in [0.25, 0.3) is 5.91 Å². The van der Waals surface area contributed by atoms with Gasteiger partial charge in [-0.3, -0.25) is 14.5 Å². The number of urea groups is 1. The van der Waals surface area contributed by atoms with Crippen LogP contribution in [0.15, 0.2) is 0 Å². The minimum atomic E-state index is -1.28. The highest BCUT2D eigenvalue weighted by Gasteiger charge is 2.35. The first-order valence-corrected chi connectivity index (χ1v) is 5.38. The number of carboxylic acid groups (broad SMARTS) is 1. The van der Waals surface area contributed by atoms with Crippen molar-refractivity contribution < 1.29 is 24.3 Å². The van der Waals surface area contributed by atoms with Gasteiger partial charge in [-0.25, -0.2) is 9.59 Å². The van der Waals surface area contributed by atoms with Crippen molar-refractivity contribution in [2.75, 3.05) is 20.1 Å². The van der Waals surface area contributed by atoms with E-state index < -0.39 is 36.4 Å². The molecule has 8 heteroatoms. The summed E-state index contributed by atoms with van der Waals surface area (Å²) in [5.41, 5.74) is 0. The summed E-state index contributed by atoms with van der Waals surface area (Å²) in [5.74, 6) is -0.412. The van der Waals surface area contributed by atoms with Crippen LogP contribution in [0.3, 0.4) is 0 Å². The van der Waals surface area contributed by atoms with Gasteiger partial charge in [0.05, 0.1) is 0 Å². The largest absolute Gasteiger partial charge is 0.480 e. The highest BCUT2D eigenvalue weighted by Crippen LogP contribution is 2.07. The minimum absolute atomic E-state index is 0.0984. The Kier molecular flexibility index (Phi) is 4.47. The van der Waals surface area contributed by atoms with Crippen molar-refractivity contribution in [3.05, 3.63) is 0 Å². The number of carbonyl (C=O) groups excluding carboxylic acids is 3. The SMILES string of the molecule is C#CCC(NC(=O)CN1C(=O)CN(C)C1=O)C(=O)O. The third kappa shape index (κ3) is 3.45. The molecule has 2 N–H and O–H groups in total. The average molecular weight is 267 g/mol. The molecule has 0 radical (unpaired) electrons. The number of rotatable bonds is 5. The summed E-state index contributed by atoms with van der Waals surface area (Å²) in [6, 6.07) is -1.83. The predicted octanol–water partition coefficient (Wildman–Crippen LogP) is -1.53. The molecule has 1 rings (SSSR count). The smallest absolute Gasteiger partial charge is 0.327 e. The van der Waals surface area contributed by atoms with Crippen molar-refractivity contribution in [2.45, 2.75) is 12.5 Å². The van der Waals surface area contributed by atoms with Gasteiger partial charge in [-0.2, -0.15) is 0 Å². The molecule has 1 aliphatic rings. The number of nitrogens with one attached hydrogen (secondary N) is 1. The maximum absolute atomic E-state index is 11.6. The number of carbonyl (C=O) groups is 4. The van der Waals surface area contributed by atoms with Crippen LogP contribution in [0.2, 0.25) is 0 Å². The van der Waals surface area contributed by atoms with Gasteiger partial charge in [0.15, 0.2) is 0 Å². The van der Waals surface area contributed by atoms with Crippen LogP contribution < -0.4 is 5.32 Å². The third-order valence-electron chi connectivity index (χ3n) is 2.49. The summed E-state index contributed by atoms with van der Waals surface area (Å²) in [5, 5.41) is 10.9. The summed E-state index contributed by atoms with van der Waals surface area (Å²) in [4.78, 5) is 47.2. The number of imide groups is 1. The summed E-state index contributed by atoms with van der Waals surface area (Å²) in [7, 11) is 1.43. The summed E-state index contributed by atoms with van der Waals surface area (Å²) in [6.07, 6.45) is 4.80. The number of hydrogen-bond donors (Lipinski definition) is 2. The molecular weight excluding hydrogens is 254 g/mol. The first-order chi connectivity index (χ1) is 8.86. The second-order valence-corrected chi connectivity index (χ2v) is 3.99. The Morgan fingerprint density at radius 2 is 2.16 bits per heavy atom. The Labute approximate surface area is 109 Å². The van der Waals surface area contributed by atoms with E-state index in [1.807, 2.05) is 0 Å². The Morgan fingerprint density at radius 1 is 1.53 bits per heavy atom. The van der Waals surface area contributed by atoms with Crippen LogP contribution in [0.1, 0.15) is 6.42 Å². The molecule has 1 heterocycles. The normalized spacial score (nSPS) is 16.2. The zero-order chi connectivity index (χ0) is 14.6. The number of nitrogens with zero attached hydrogens (tertiary/aromatic N) is 2. The van der Waals surface area contributed by atoms with Gasteiger partial charge in [0, 0.05) is 13.5 Å². The Balaban J connectivity index is 2.60. The summed E-state index contributed by atoms with van der Waals surface area (Å²) < 4.78 is 0. The van der Waals surface area contributed by atoms with Crippen molar-refractivity contribution >= 4 is 23.8 Å².